The maximum absolute atomic E-state index is 8.38. The molecule has 0 radical (unpaired) electrons. The number of benzene rings is 1. The summed E-state index contributed by atoms with van der Waals surface area (Å²) in [5, 5.41) is 8.38. The largest absolute Gasteiger partial charge is 0.493 e. The van der Waals surface area contributed by atoms with Crippen LogP contribution < -0.4 is 10.5 Å². The Hall–Kier alpha value is -1.53. The lowest BCUT2D eigenvalue weighted by atomic mass is 10.1. The van der Waals surface area contributed by atoms with Crippen molar-refractivity contribution in [1.29, 1.82) is 5.26 Å². The van der Waals surface area contributed by atoms with Gasteiger partial charge in [-0.15, -0.1) is 0 Å². The van der Waals surface area contributed by atoms with Crippen LogP contribution in [0.15, 0.2) is 18.2 Å². The van der Waals surface area contributed by atoms with Crippen molar-refractivity contribution < 1.29 is 4.74 Å². The molecule has 0 bridgehead atoms. The fourth-order valence-electron chi connectivity index (χ4n) is 1.34. The van der Waals surface area contributed by atoms with Gasteiger partial charge in [-0.1, -0.05) is 17.7 Å². The van der Waals surface area contributed by atoms with Gasteiger partial charge in [-0.3, -0.25) is 0 Å². The van der Waals surface area contributed by atoms with Gasteiger partial charge in [0.05, 0.1) is 12.7 Å². The van der Waals surface area contributed by atoms with Crippen LogP contribution in [0.4, 0.5) is 0 Å². The van der Waals surface area contributed by atoms with Crippen LogP contribution in [0, 0.1) is 18.3 Å². The van der Waals surface area contributed by atoms with Crippen molar-refractivity contribution in [1.82, 2.24) is 0 Å². The molecule has 0 aliphatic rings. The molecule has 2 N–H and O–H groups in total. The highest BCUT2D eigenvalue weighted by molar-refractivity contribution is 5.36. The summed E-state index contributed by atoms with van der Waals surface area (Å²) in [6.45, 7) is 3.08. The second-order valence-corrected chi connectivity index (χ2v) is 3.43. The highest BCUT2D eigenvalue weighted by Crippen LogP contribution is 2.19. The number of hydrogen-bond acceptors (Lipinski definition) is 3. The summed E-state index contributed by atoms with van der Waals surface area (Å²) in [6, 6.07) is 8.05. The predicted octanol–water partition coefficient (Wildman–Crippen LogP) is 2.14. The second kappa shape index (κ2) is 6.05. The van der Waals surface area contributed by atoms with Gasteiger partial charge in [-0.25, -0.2) is 0 Å². The molecule has 0 spiro atoms. The van der Waals surface area contributed by atoms with Crippen molar-refractivity contribution >= 4 is 0 Å². The zero-order valence-corrected chi connectivity index (χ0v) is 8.99. The van der Waals surface area contributed by atoms with Gasteiger partial charge in [0.1, 0.15) is 5.75 Å². The van der Waals surface area contributed by atoms with Gasteiger partial charge in [0.2, 0.25) is 0 Å². The summed E-state index contributed by atoms with van der Waals surface area (Å²) in [4.78, 5) is 0. The monoisotopic (exact) mass is 204 g/mol. The number of ether oxygens (including phenoxy) is 1. The third kappa shape index (κ3) is 3.61. The van der Waals surface area contributed by atoms with E-state index in [1.54, 1.807) is 0 Å². The minimum atomic E-state index is 0.481. The SMILES string of the molecule is Cc1ccc(OCCCC#N)c(CN)c1. The lowest BCUT2D eigenvalue weighted by Gasteiger charge is -2.10. The van der Waals surface area contributed by atoms with Gasteiger partial charge >= 0.3 is 0 Å². The first-order valence-corrected chi connectivity index (χ1v) is 5.07. The lowest BCUT2D eigenvalue weighted by molar-refractivity contribution is 0.309. The Balaban J connectivity index is 2.57. The van der Waals surface area contributed by atoms with Crippen molar-refractivity contribution in [2.75, 3.05) is 6.61 Å². The maximum atomic E-state index is 8.38. The number of hydrogen-bond donors (Lipinski definition) is 1. The number of rotatable bonds is 5. The molecular formula is C12H16N2O. The van der Waals surface area contributed by atoms with Crippen molar-refractivity contribution in [2.45, 2.75) is 26.3 Å². The molecule has 0 saturated heterocycles. The standard InChI is InChI=1S/C12H16N2O/c1-10-4-5-12(11(8-10)9-14)15-7-3-2-6-13/h4-5,8H,2-3,7,9,14H2,1H3. The molecular weight excluding hydrogens is 188 g/mol. The Bertz CT molecular complexity index is 355. The van der Waals surface area contributed by atoms with E-state index in [9.17, 15) is 0 Å². The molecule has 1 aromatic carbocycles. The van der Waals surface area contributed by atoms with Crippen LogP contribution >= 0.6 is 0 Å². The van der Waals surface area contributed by atoms with Gasteiger partial charge in [0.15, 0.2) is 0 Å². The van der Waals surface area contributed by atoms with Gasteiger partial charge in [-0.05, 0) is 19.4 Å². The fraction of sp³-hybridized carbons (Fsp3) is 0.417. The molecule has 0 aliphatic heterocycles. The normalized spacial score (nSPS) is 9.67. The Kier molecular flexibility index (Phi) is 4.65. The van der Waals surface area contributed by atoms with Gasteiger partial charge in [0.25, 0.3) is 0 Å². The summed E-state index contributed by atoms with van der Waals surface area (Å²) in [5.41, 5.74) is 7.82. The summed E-state index contributed by atoms with van der Waals surface area (Å²) >= 11 is 0. The molecule has 0 aromatic heterocycles. The molecule has 1 rings (SSSR count). The summed E-state index contributed by atoms with van der Waals surface area (Å²) in [6.07, 6.45) is 1.29. The molecule has 3 heteroatoms. The highest BCUT2D eigenvalue weighted by atomic mass is 16.5. The lowest BCUT2D eigenvalue weighted by Crippen LogP contribution is -2.04. The Labute approximate surface area is 90.5 Å². The van der Waals surface area contributed by atoms with Crippen molar-refractivity contribution in [3.63, 3.8) is 0 Å². The minimum absolute atomic E-state index is 0.481. The molecule has 3 nitrogen and oxygen atoms in total. The quantitative estimate of drug-likeness (QED) is 0.747. The van der Waals surface area contributed by atoms with Crippen LogP contribution in [0.25, 0.3) is 0 Å². The molecule has 0 amide bonds. The smallest absolute Gasteiger partial charge is 0.123 e. The molecule has 0 heterocycles. The first-order chi connectivity index (χ1) is 7.27. The van der Waals surface area contributed by atoms with E-state index in [0.717, 1.165) is 17.7 Å². The zero-order chi connectivity index (χ0) is 11.1. The first kappa shape index (κ1) is 11.5. The summed E-state index contributed by atoms with van der Waals surface area (Å²) < 4.78 is 5.55. The predicted molar refractivity (Wildman–Crippen MR) is 59.4 cm³/mol. The van der Waals surface area contributed by atoms with E-state index in [1.165, 1.54) is 5.56 Å². The summed E-state index contributed by atoms with van der Waals surface area (Å²) in [5.74, 6) is 0.834. The highest BCUT2D eigenvalue weighted by Gasteiger charge is 2.01. The van der Waals surface area contributed by atoms with Crippen LogP contribution in [-0.4, -0.2) is 6.61 Å². The molecule has 0 atom stereocenters. The first-order valence-electron chi connectivity index (χ1n) is 5.07. The number of nitriles is 1. The van der Waals surface area contributed by atoms with Crippen LogP contribution in [-0.2, 0) is 6.54 Å². The van der Waals surface area contributed by atoms with E-state index in [2.05, 4.69) is 6.07 Å². The molecule has 0 aliphatic carbocycles. The molecule has 15 heavy (non-hydrogen) atoms. The van der Waals surface area contributed by atoms with E-state index in [4.69, 9.17) is 15.7 Å². The molecule has 1 aromatic rings. The van der Waals surface area contributed by atoms with Gasteiger partial charge < -0.3 is 10.5 Å². The van der Waals surface area contributed by atoms with Gasteiger partial charge in [-0.2, -0.15) is 5.26 Å². The van der Waals surface area contributed by atoms with E-state index < -0.39 is 0 Å². The van der Waals surface area contributed by atoms with Crippen LogP contribution in [0.2, 0.25) is 0 Å². The van der Waals surface area contributed by atoms with Crippen molar-refractivity contribution in [3.8, 4) is 11.8 Å². The molecule has 0 saturated carbocycles. The van der Waals surface area contributed by atoms with E-state index in [0.29, 0.717) is 19.6 Å². The third-order valence-corrected chi connectivity index (χ3v) is 2.13. The van der Waals surface area contributed by atoms with Crippen LogP contribution in [0.1, 0.15) is 24.0 Å². The van der Waals surface area contributed by atoms with Crippen molar-refractivity contribution in [3.05, 3.63) is 29.3 Å². The number of nitrogens with two attached hydrogens (primary N) is 1. The van der Waals surface area contributed by atoms with E-state index >= 15 is 0 Å². The summed E-state index contributed by atoms with van der Waals surface area (Å²) in [7, 11) is 0. The zero-order valence-electron chi connectivity index (χ0n) is 8.99. The Morgan fingerprint density at radius 2 is 2.27 bits per heavy atom. The molecule has 80 valence electrons. The van der Waals surface area contributed by atoms with Crippen LogP contribution in [0.3, 0.4) is 0 Å². The topological polar surface area (TPSA) is 59.0 Å². The van der Waals surface area contributed by atoms with Crippen molar-refractivity contribution in [2.24, 2.45) is 5.73 Å². The minimum Gasteiger partial charge on any atom is -0.493 e. The number of nitrogens with zero attached hydrogens (tertiary/aromatic N) is 1. The van der Waals surface area contributed by atoms with Gasteiger partial charge in [0, 0.05) is 18.5 Å². The Morgan fingerprint density at radius 3 is 2.93 bits per heavy atom. The Morgan fingerprint density at radius 1 is 1.47 bits per heavy atom. The van der Waals surface area contributed by atoms with Crippen LogP contribution in [0.5, 0.6) is 5.75 Å². The number of aryl methyl sites for hydroxylation is 1. The fourth-order valence-corrected chi connectivity index (χ4v) is 1.34. The third-order valence-electron chi connectivity index (χ3n) is 2.13. The second-order valence-electron chi connectivity index (χ2n) is 3.43. The maximum Gasteiger partial charge on any atom is 0.123 e. The molecule has 0 fully saturated rings. The molecule has 0 unspecified atom stereocenters. The average Bonchev–Trinajstić information content (AvgIpc) is 2.26. The van der Waals surface area contributed by atoms with E-state index in [-0.39, 0.29) is 0 Å². The average molecular weight is 204 g/mol. The number of unbranched alkanes of at least 4 members (excludes halogenated alkanes) is 1. The van der Waals surface area contributed by atoms with E-state index in [1.807, 2.05) is 25.1 Å².